The summed E-state index contributed by atoms with van der Waals surface area (Å²) in [7, 11) is -3.77. The zero-order chi connectivity index (χ0) is 19.9. The maximum absolute atomic E-state index is 12.5. The molecule has 0 saturated heterocycles. The fourth-order valence-corrected chi connectivity index (χ4v) is 3.61. The summed E-state index contributed by atoms with van der Waals surface area (Å²) in [5, 5.41) is 2.79. The van der Waals surface area contributed by atoms with Crippen LogP contribution in [0, 0.1) is 13.8 Å². The first-order valence-electron chi connectivity index (χ1n) is 9.05. The highest BCUT2D eigenvalue weighted by Gasteiger charge is 2.15. The Labute approximate surface area is 160 Å². The Bertz CT molecular complexity index is 860. The van der Waals surface area contributed by atoms with Gasteiger partial charge < -0.3 is 5.32 Å². The number of carbonyl (C=O) groups excluding carboxylic acids is 1. The van der Waals surface area contributed by atoms with E-state index >= 15 is 0 Å². The predicted molar refractivity (Wildman–Crippen MR) is 106 cm³/mol. The number of aryl methyl sites for hydroxylation is 2. The molecule has 0 aliphatic rings. The van der Waals surface area contributed by atoms with Gasteiger partial charge in [0.05, 0.1) is 4.90 Å². The lowest BCUT2D eigenvalue weighted by atomic mass is 10.1. The molecule has 0 atom stereocenters. The zero-order valence-electron chi connectivity index (χ0n) is 15.9. The van der Waals surface area contributed by atoms with Crippen molar-refractivity contribution >= 4 is 27.4 Å². The van der Waals surface area contributed by atoms with Crippen molar-refractivity contribution in [2.45, 2.75) is 57.8 Å². The minimum absolute atomic E-state index is 0.0632. The van der Waals surface area contributed by atoms with Crippen LogP contribution in [-0.2, 0) is 14.8 Å². The summed E-state index contributed by atoms with van der Waals surface area (Å²) in [5.74, 6) is 0.654. The monoisotopic (exact) mass is 390 g/mol. The van der Waals surface area contributed by atoms with Crippen molar-refractivity contribution in [1.82, 2.24) is 9.97 Å². The average Bonchev–Trinajstić information content (AvgIpc) is 2.58. The van der Waals surface area contributed by atoms with E-state index in [2.05, 4.69) is 26.9 Å². The number of nitrogens with zero attached hydrogens (tertiary/aromatic N) is 2. The molecule has 0 fully saturated rings. The molecule has 0 aliphatic heterocycles. The number of sulfonamides is 1. The van der Waals surface area contributed by atoms with E-state index in [9.17, 15) is 13.2 Å². The molecule has 1 amide bonds. The van der Waals surface area contributed by atoms with Crippen molar-refractivity contribution in [1.29, 1.82) is 0 Å². The summed E-state index contributed by atoms with van der Waals surface area (Å²) in [6.07, 6.45) is 4.61. The van der Waals surface area contributed by atoms with Gasteiger partial charge in [0.15, 0.2) is 0 Å². The van der Waals surface area contributed by atoms with Crippen LogP contribution in [-0.4, -0.2) is 24.3 Å². The molecule has 1 aromatic carbocycles. The summed E-state index contributed by atoms with van der Waals surface area (Å²) in [6, 6.07) is 7.63. The maximum Gasteiger partial charge on any atom is 0.263 e. The van der Waals surface area contributed by atoms with Crippen molar-refractivity contribution in [3.63, 3.8) is 0 Å². The second-order valence-corrected chi connectivity index (χ2v) is 8.11. The predicted octanol–water partition coefficient (Wildman–Crippen LogP) is 3.80. The van der Waals surface area contributed by atoms with Crippen LogP contribution in [0.2, 0.25) is 0 Å². The molecular formula is C19H26N4O3S. The number of unbranched alkanes of at least 4 members (excludes halogenated alkanes) is 3. The van der Waals surface area contributed by atoms with E-state index in [0.29, 0.717) is 23.6 Å². The van der Waals surface area contributed by atoms with E-state index in [4.69, 9.17) is 0 Å². The summed E-state index contributed by atoms with van der Waals surface area (Å²) in [5.41, 5.74) is 1.25. The third-order valence-electron chi connectivity index (χ3n) is 3.91. The molecule has 2 aromatic rings. The summed E-state index contributed by atoms with van der Waals surface area (Å²) in [4.78, 5) is 20.2. The summed E-state index contributed by atoms with van der Waals surface area (Å²) < 4.78 is 27.5. The van der Waals surface area contributed by atoms with E-state index in [1.54, 1.807) is 32.0 Å². The van der Waals surface area contributed by atoms with Gasteiger partial charge >= 0.3 is 0 Å². The number of nitrogens with one attached hydrogen (secondary N) is 2. The van der Waals surface area contributed by atoms with E-state index < -0.39 is 10.0 Å². The second-order valence-electron chi connectivity index (χ2n) is 6.43. The van der Waals surface area contributed by atoms with Crippen molar-refractivity contribution < 1.29 is 13.2 Å². The van der Waals surface area contributed by atoms with Crippen LogP contribution in [0.5, 0.6) is 0 Å². The first-order chi connectivity index (χ1) is 12.8. The largest absolute Gasteiger partial charge is 0.326 e. The van der Waals surface area contributed by atoms with Crippen molar-refractivity contribution in [3.8, 4) is 0 Å². The molecule has 0 aliphatic carbocycles. The number of aromatic nitrogens is 2. The Kier molecular flexibility index (Phi) is 7.29. The zero-order valence-corrected chi connectivity index (χ0v) is 16.8. The standard InChI is InChI=1S/C19H26N4O3S/c1-4-5-6-7-8-19(24)22-16-9-11-17(12-10-16)27(25,26)23-18-13-14(2)20-15(3)21-18/h9-13H,4-8H2,1-3H3,(H,22,24)(H,20,21,23). The third-order valence-corrected chi connectivity index (χ3v) is 5.28. The first-order valence-corrected chi connectivity index (χ1v) is 10.5. The first kappa shape index (κ1) is 20.8. The average molecular weight is 391 g/mol. The van der Waals surface area contributed by atoms with E-state index in [0.717, 1.165) is 25.7 Å². The molecule has 0 unspecified atom stereocenters. The Morgan fingerprint density at radius 3 is 2.37 bits per heavy atom. The molecule has 146 valence electrons. The molecule has 2 rings (SSSR count). The lowest BCUT2D eigenvalue weighted by molar-refractivity contribution is -0.116. The number of hydrogen-bond donors (Lipinski definition) is 2. The lowest BCUT2D eigenvalue weighted by Gasteiger charge is -2.10. The van der Waals surface area contributed by atoms with Crippen LogP contribution >= 0.6 is 0 Å². The van der Waals surface area contributed by atoms with Crippen molar-refractivity contribution in [2.75, 3.05) is 10.0 Å². The minimum atomic E-state index is -3.77. The Morgan fingerprint density at radius 1 is 1.04 bits per heavy atom. The van der Waals surface area contributed by atoms with Crippen LogP contribution in [0.4, 0.5) is 11.5 Å². The molecule has 1 heterocycles. The van der Waals surface area contributed by atoms with Gasteiger partial charge in [-0.3, -0.25) is 9.52 Å². The van der Waals surface area contributed by atoms with Gasteiger partial charge in [-0.05, 0) is 44.5 Å². The molecule has 0 spiro atoms. The molecule has 8 heteroatoms. The van der Waals surface area contributed by atoms with E-state index in [1.807, 2.05) is 0 Å². The molecule has 1 aromatic heterocycles. The Hall–Kier alpha value is -2.48. The maximum atomic E-state index is 12.5. The smallest absolute Gasteiger partial charge is 0.263 e. The van der Waals surface area contributed by atoms with Gasteiger partial charge in [0, 0.05) is 23.9 Å². The van der Waals surface area contributed by atoms with E-state index in [1.165, 1.54) is 12.1 Å². The number of anilines is 2. The number of rotatable bonds is 9. The van der Waals surface area contributed by atoms with Gasteiger partial charge in [0.25, 0.3) is 10.0 Å². The van der Waals surface area contributed by atoms with Gasteiger partial charge in [0.1, 0.15) is 11.6 Å². The molecule has 0 bridgehead atoms. The minimum Gasteiger partial charge on any atom is -0.326 e. The Morgan fingerprint density at radius 2 is 1.74 bits per heavy atom. The van der Waals surface area contributed by atoms with Crippen molar-refractivity contribution in [3.05, 3.63) is 41.9 Å². The van der Waals surface area contributed by atoms with Crippen LogP contribution in [0.1, 0.15) is 50.5 Å². The van der Waals surface area contributed by atoms with Crippen LogP contribution < -0.4 is 10.0 Å². The second kappa shape index (κ2) is 9.45. The molecule has 0 radical (unpaired) electrons. The molecule has 0 saturated carbocycles. The molecule has 2 N–H and O–H groups in total. The number of hydrogen-bond acceptors (Lipinski definition) is 5. The fraction of sp³-hybridized carbons (Fsp3) is 0.421. The number of carbonyl (C=O) groups is 1. The lowest BCUT2D eigenvalue weighted by Crippen LogP contribution is -2.15. The topological polar surface area (TPSA) is 101 Å². The van der Waals surface area contributed by atoms with Crippen molar-refractivity contribution in [2.24, 2.45) is 0 Å². The fourth-order valence-electron chi connectivity index (χ4n) is 2.62. The van der Waals surface area contributed by atoms with Gasteiger partial charge in [0.2, 0.25) is 5.91 Å². The van der Waals surface area contributed by atoms with Gasteiger partial charge in [-0.25, -0.2) is 18.4 Å². The number of benzene rings is 1. The van der Waals surface area contributed by atoms with Crippen LogP contribution in [0.3, 0.4) is 0 Å². The van der Waals surface area contributed by atoms with Gasteiger partial charge in [-0.15, -0.1) is 0 Å². The highest BCUT2D eigenvalue weighted by atomic mass is 32.2. The van der Waals surface area contributed by atoms with Crippen LogP contribution in [0.15, 0.2) is 35.2 Å². The molecular weight excluding hydrogens is 364 g/mol. The summed E-state index contributed by atoms with van der Waals surface area (Å²) in [6.45, 7) is 5.59. The SMILES string of the molecule is CCCCCCC(=O)Nc1ccc(S(=O)(=O)Nc2cc(C)nc(C)n2)cc1. The van der Waals surface area contributed by atoms with Gasteiger partial charge in [-0.1, -0.05) is 26.2 Å². The summed E-state index contributed by atoms with van der Waals surface area (Å²) >= 11 is 0. The normalized spacial score (nSPS) is 11.2. The quantitative estimate of drug-likeness (QED) is 0.634. The number of amides is 1. The highest BCUT2D eigenvalue weighted by Crippen LogP contribution is 2.18. The van der Waals surface area contributed by atoms with E-state index in [-0.39, 0.29) is 16.6 Å². The molecule has 27 heavy (non-hydrogen) atoms. The Balaban J connectivity index is 1.99. The van der Waals surface area contributed by atoms with Crippen LogP contribution in [0.25, 0.3) is 0 Å². The van der Waals surface area contributed by atoms with Gasteiger partial charge in [-0.2, -0.15) is 0 Å². The molecule has 7 nitrogen and oxygen atoms in total. The third kappa shape index (κ3) is 6.63. The highest BCUT2D eigenvalue weighted by molar-refractivity contribution is 7.92.